The predicted octanol–water partition coefficient (Wildman–Crippen LogP) is 1.93. The SMILES string of the molecule is CC1CN(c2ccc3ncccc3c2[N+](=O)[O-])CC1N. The van der Waals surface area contributed by atoms with E-state index >= 15 is 0 Å². The van der Waals surface area contributed by atoms with Crippen molar-refractivity contribution in [3.05, 3.63) is 40.6 Å². The highest BCUT2D eigenvalue weighted by Crippen LogP contribution is 2.37. The monoisotopic (exact) mass is 272 g/mol. The molecule has 2 aromatic rings. The molecule has 0 bridgehead atoms. The van der Waals surface area contributed by atoms with Gasteiger partial charge in [-0.15, -0.1) is 0 Å². The molecule has 1 aromatic heterocycles. The fraction of sp³-hybridized carbons (Fsp3) is 0.357. The summed E-state index contributed by atoms with van der Waals surface area (Å²) in [6.45, 7) is 3.46. The second-order valence-corrected chi connectivity index (χ2v) is 5.31. The Kier molecular flexibility index (Phi) is 3.02. The molecule has 0 spiro atoms. The van der Waals surface area contributed by atoms with E-state index in [-0.39, 0.29) is 16.7 Å². The number of hydrogen-bond donors (Lipinski definition) is 1. The lowest BCUT2D eigenvalue weighted by Gasteiger charge is -2.18. The third kappa shape index (κ3) is 1.98. The number of rotatable bonds is 2. The third-order valence-electron chi connectivity index (χ3n) is 3.93. The maximum absolute atomic E-state index is 11.5. The summed E-state index contributed by atoms with van der Waals surface area (Å²) < 4.78 is 0. The van der Waals surface area contributed by atoms with Gasteiger partial charge in [0, 0.05) is 25.3 Å². The van der Waals surface area contributed by atoms with Crippen molar-refractivity contribution in [2.24, 2.45) is 11.7 Å². The molecule has 1 fully saturated rings. The molecule has 1 aromatic carbocycles. The van der Waals surface area contributed by atoms with Crippen LogP contribution in [-0.2, 0) is 0 Å². The molecule has 6 heteroatoms. The minimum absolute atomic E-state index is 0.0548. The molecule has 3 rings (SSSR count). The summed E-state index contributed by atoms with van der Waals surface area (Å²) in [4.78, 5) is 17.3. The second-order valence-electron chi connectivity index (χ2n) is 5.31. The lowest BCUT2D eigenvalue weighted by Crippen LogP contribution is -2.28. The zero-order valence-electron chi connectivity index (χ0n) is 11.2. The quantitative estimate of drug-likeness (QED) is 0.667. The number of anilines is 1. The van der Waals surface area contributed by atoms with Crippen LogP contribution in [0.25, 0.3) is 10.9 Å². The lowest BCUT2D eigenvalue weighted by atomic mass is 10.1. The van der Waals surface area contributed by atoms with Gasteiger partial charge in [-0.3, -0.25) is 15.1 Å². The van der Waals surface area contributed by atoms with Gasteiger partial charge in [0.25, 0.3) is 0 Å². The molecule has 1 aliphatic heterocycles. The van der Waals surface area contributed by atoms with Gasteiger partial charge in [0.15, 0.2) is 0 Å². The molecule has 1 aliphatic rings. The highest BCUT2D eigenvalue weighted by molar-refractivity contribution is 5.94. The van der Waals surface area contributed by atoms with Crippen LogP contribution >= 0.6 is 0 Å². The first-order valence-corrected chi connectivity index (χ1v) is 6.60. The number of benzene rings is 1. The highest BCUT2D eigenvalue weighted by Gasteiger charge is 2.31. The van der Waals surface area contributed by atoms with E-state index in [4.69, 9.17) is 5.73 Å². The number of hydrogen-bond acceptors (Lipinski definition) is 5. The van der Waals surface area contributed by atoms with Crippen LogP contribution in [-0.4, -0.2) is 29.0 Å². The Morgan fingerprint density at radius 3 is 2.85 bits per heavy atom. The first kappa shape index (κ1) is 12.8. The number of nitro benzene ring substituents is 1. The van der Waals surface area contributed by atoms with Crippen molar-refractivity contribution in [2.45, 2.75) is 13.0 Å². The van der Waals surface area contributed by atoms with Crippen molar-refractivity contribution in [3.63, 3.8) is 0 Å². The average molecular weight is 272 g/mol. The topological polar surface area (TPSA) is 85.3 Å². The zero-order chi connectivity index (χ0) is 14.3. The lowest BCUT2D eigenvalue weighted by molar-refractivity contribution is -0.382. The first-order chi connectivity index (χ1) is 9.58. The van der Waals surface area contributed by atoms with Gasteiger partial charge < -0.3 is 10.6 Å². The molecule has 2 unspecified atom stereocenters. The van der Waals surface area contributed by atoms with E-state index in [2.05, 4.69) is 11.9 Å². The summed E-state index contributed by atoms with van der Waals surface area (Å²) >= 11 is 0. The van der Waals surface area contributed by atoms with Crippen LogP contribution in [0.1, 0.15) is 6.92 Å². The van der Waals surface area contributed by atoms with Crippen molar-refractivity contribution < 1.29 is 4.92 Å². The molecule has 0 saturated carbocycles. The van der Waals surface area contributed by atoms with Crippen molar-refractivity contribution in [1.82, 2.24) is 4.98 Å². The van der Waals surface area contributed by atoms with E-state index < -0.39 is 0 Å². The average Bonchev–Trinajstić information content (AvgIpc) is 2.77. The van der Waals surface area contributed by atoms with Gasteiger partial charge in [-0.25, -0.2) is 0 Å². The van der Waals surface area contributed by atoms with E-state index in [1.807, 2.05) is 11.0 Å². The van der Waals surface area contributed by atoms with Crippen LogP contribution in [0, 0.1) is 16.0 Å². The van der Waals surface area contributed by atoms with Crippen LogP contribution < -0.4 is 10.6 Å². The maximum Gasteiger partial charge on any atom is 0.301 e. The molecule has 2 atom stereocenters. The molecule has 0 radical (unpaired) electrons. The number of pyridine rings is 1. The molecule has 20 heavy (non-hydrogen) atoms. The molecular weight excluding hydrogens is 256 g/mol. The Morgan fingerprint density at radius 1 is 1.40 bits per heavy atom. The summed E-state index contributed by atoms with van der Waals surface area (Å²) in [5, 5.41) is 12.0. The summed E-state index contributed by atoms with van der Waals surface area (Å²) in [5.74, 6) is 0.333. The third-order valence-corrected chi connectivity index (χ3v) is 3.93. The predicted molar refractivity (Wildman–Crippen MR) is 77.7 cm³/mol. The summed E-state index contributed by atoms with van der Waals surface area (Å²) in [5.41, 5.74) is 7.42. The van der Waals surface area contributed by atoms with Gasteiger partial charge in [-0.2, -0.15) is 0 Å². The van der Waals surface area contributed by atoms with E-state index in [1.165, 1.54) is 0 Å². The van der Waals surface area contributed by atoms with E-state index in [0.29, 0.717) is 29.1 Å². The minimum Gasteiger partial charge on any atom is -0.364 e. The molecule has 0 aliphatic carbocycles. The first-order valence-electron chi connectivity index (χ1n) is 6.60. The Bertz CT molecular complexity index is 663. The smallest absolute Gasteiger partial charge is 0.301 e. The summed E-state index contributed by atoms with van der Waals surface area (Å²) in [6.07, 6.45) is 1.64. The van der Waals surface area contributed by atoms with Gasteiger partial charge >= 0.3 is 5.69 Å². The summed E-state index contributed by atoms with van der Waals surface area (Å²) in [7, 11) is 0. The molecule has 6 nitrogen and oxygen atoms in total. The molecule has 2 N–H and O–H groups in total. The summed E-state index contributed by atoms with van der Waals surface area (Å²) in [6, 6.07) is 7.12. The van der Waals surface area contributed by atoms with Crippen molar-refractivity contribution >= 4 is 22.3 Å². The number of nitrogens with two attached hydrogens (primary N) is 1. The van der Waals surface area contributed by atoms with Gasteiger partial charge in [-0.05, 0) is 30.2 Å². The molecule has 0 amide bonds. The largest absolute Gasteiger partial charge is 0.364 e. The number of nitrogens with zero attached hydrogens (tertiary/aromatic N) is 3. The van der Waals surface area contributed by atoms with E-state index in [0.717, 1.165) is 6.54 Å². The van der Waals surface area contributed by atoms with E-state index in [9.17, 15) is 10.1 Å². The number of aromatic nitrogens is 1. The van der Waals surface area contributed by atoms with Crippen LogP contribution in [0.2, 0.25) is 0 Å². The fourth-order valence-corrected chi connectivity index (χ4v) is 2.76. The Hall–Kier alpha value is -2.21. The number of nitro groups is 1. The van der Waals surface area contributed by atoms with Gasteiger partial charge in [0.05, 0.1) is 15.8 Å². The normalized spacial score (nSPS) is 22.4. The zero-order valence-corrected chi connectivity index (χ0v) is 11.2. The second kappa shape index (κ2) is 4.72. The minimum atomic E-state index is -0.326. The van der Waals surface area contributed by atoms with Gasteiger partial charge in [-0.1, -0.05) is 6.92 Å². The van der Waals surface area contributed by atoms with Gasteiger partial charge in [0.2, 0.25) is 0 Å². The van der Waals surface area contributed by atoms with Crippen molar-refractivity contribution in [2.75, 3.05) is 18.0 Å². The van der Waals surface area contributed by atoms with Crippen LogP contribution in [0.3, 0.4) is 0 Å². The fourth-order valence-electron chi connectivity index (χ4n) is 2.76. The van der Waals surface area contributed by atoms with Crippen molar-refractivity contribution in [1.29, 1.82) is 0 Å². The maximum atomic E-state index is 11.5. The molecule has 104 valence electrons. The number of fused-ring (bicyclic) bond motifs is 1. The van der Waals surface area contributed by atoms with Crippen LogP contribution in [0.4, 0.5) is 11.4 Å². The van der Waals surface area contributed by atoms with E-state index in [1.54, 1.807) is 24.4 Å². The Balaban J connectivity index is 2.16. The van der Waals surface area contributed by atoms with Crippen LogP contribution in [0.5, 0.6) is 0 Å². The molecular formula is C14H16N4O2. The Labute approximate surface area is 116 Å². The Morgan fingerprint density at radius 2 is 2.20 bits per heavy atom. The highest BCUT2D eigenvalue weighted by atomic mass is 16.6. The van der Waals surface area contributed by atoms with Crippen molar-refractivity contribution in [3.8, 4) is 0 Å². The molecule has 1 saturated heterocycles. The molecule has 2 heterocycles. The van der Waals surface area contributed by atoms with Gasteiger partial charge in [0.1, 0.15) is 5.69 Å². The standard InChI is InChI=1S/C14H16N4O2/c1-9-7-17(8-11(9)15)13-5-4-12-10(3-2-6-16-12)14(13)18(19)20/h2-6,9,11H,7-8,15H2,1H3. The van der Waals surface area contributed by atoms with Crippen LogP contribution in [0.15, 0.2) is 30.5 Å².